The molecular weight excluding hydrogens is 452 g/mol. The van der Waals surface area contributed by atoms with Gasteiger partial charge < -0.3 is 19.7 Å². The molecule has 2 aliphatic heterocycles. The smallest absolute Gasteiger partial charge is 0.245 e. The zero-order valence-electron chi connectivity index (χ0n) is 21.1. The Kier molecular flexibility index (Phi) is 5.99. The van der Waals surface area contributed by atoms with Crippen LogP contribution in [0.4, 0.5) is 11.6 Å². The Labute approximate surface area is 211 Å². The summed E-state index contributed by atoms with van der Waals surface area (Å²) in [6, 6.07) is 16.9. The van der Waals surface area contributed by atoms with E-state index in [0.717, 1.165) is 60.1 Å². The van der Waals surface area contributed by atoms with Gasteiger partial charge in [0.2, 0.25) is 5.95 Å². The van der Waals surface area contributed by atoms with E-state index in [1.807, 2.05) is 47.1 Å². The molecule has 0 aliphatic carbocycles. The first-order valence-corrected chi connectivity index (χ1v) is 12.5. The van der Waals surface area contributed by atoms with Crippen LogP contribution in [0.2, 0.25) is 0 Å². The van der Waals surface area contributed by atoms with Gasteiger partial charge in [-0.05, 0) is 68.9 Å². The molecule has 8 nitrogen and oxygen atoms in total. The monoisotopic (exact) mass is 484 g/mol. The zero-order chi connectivity index (χ0) is 24.6. The van der Waals surface area contributed by atoms with Crippen molar-refractivity contribution in [2.75, 3.05) is 39.7 Å². The normalized spacial score (nSPS) is 16.9. The number of piperidine rings is 1. The first kappa shape index (κ1) is 22.8. The highest BCUT2D eigenvalue weighted by Gasteiger charge is 2.31. The highest BCUT2D eigenvalue weighted by Crippen LogP contribution is 2.39. The molecule has 0 unspecified atom stereocenters. The summed E-state index contributed by atoms with van der Waals surface area (Å²) in [5, 5.41) is 8.23. The first-order valence-electron chi connectivity index (χ1n) is 12.5. The fourth-order valence-corrected chi connectivity index (χ4v) is 5.56. The highest BCUT2D eigenvalue weighted by molar-refractivity contribution is 5.72. The molecule has 2 aromatic heterocycles. The van der Waals surface area contributed by atoms with Gasteiger partial charge in [-0.3, -0.25) is 4.90 Å². The number of likely N-dealkylation sites (tertiary alicyclic amines) is 1. The van der Waals surface area contributed by atoms with E-state index in [0.29, 0.717) is 12.0 Å². The van der Waals surface area contributed by atoms with Crippen LogP contribution in [0.15, 0.2) is 54.7 Å². The minimum atomic E-state index is 0.512. The Morgan fingerprint density at radius 3 is 2.58 bits per heavy atom. The molecule has 0 spiro atoms. The highest BCUT2D eigenvalue weighted by atomic mass is 16.5. The van der Waals surface area contributed by atoms with Crippen LogP contribution >= 0.6 is 0 Å². The lowest BCUT2D eigenvalue weighted by Crippen LogP contribution is -2.41. The van der Waals surface area contributed by atoms with Gasteiger partial charge in [0, 0.05) is 30.3 Å². The van der Waals surface area contributed by atoms with Crippen LogP contribution in [0.1, 0.15) is 24.0 Å². The van der Waals surface area contributed by atoms with Gasteiger partial charge in [-0.1, -0.05) is 18.2 Å². The molecule has 186 valence electrons. The van der Waals surface area contributed by atoms with Crippen molar-refractivity contribution in [1.82, 2.24) is 24.4 Å². The van der Waals surface area contributed by atoms with Gasteiger partial charge in [0.25, 0.3) is 0 Å². The van der Waals surface area contributed by atoms with Crippen LogP contribution in [-0.4, -0.2) is 64.8 Å². The second-order valence-electron chi connectivity index (χ2n) is 9.69. The average Bonchev–Trinajstić information content (AvgIpc) is 3.53. The summed E-state index contributed by atoms with van der Waals surface area (Å²) >= 11 is 0. The molecule has 36 heavy (non-hydrogen) atoms. The minimum absolute atomic E-state index is 0.512. The minimum Gasteiger partial charge on any atom is -0.496 e. The number of hydrogen-bond donors (Lipinski definition) is 1. The SMILES string of the molecule is COc1ccccc1-c1ccc2cnc(Nc3ccc4c(c3OC)CN(C3CCN(C)CC3)C4)nn12. The van der Waals surface area contributed by atoms with Crippen molar-refractivity contribution in [3.8, 4) is 22.8 Å². The average molecular weight is 485 g/mol. The predicted molar refractivity (Wildman–Crippen MR) is 141 cm³/mol. The Morgan fingerprint density at radius 1 is 0.944 bits per heavy atom. The maximum atomic E-state index is 5.93. The molecule has 4 heterocycles. The number of fused-ring (bicyclic) bond motifs is 2. The summed E-state index contributed by atoms with van der Waals surface area (Å²) < 4.78 is 13.4. The van der Waals surface area contributed by atoms with Gasteiger partial charge in [-0.2, -0.15) is 0 Å². The number of ether oxygens (including phenoxy) is 2. The molecule has 0 amide bonds. The number of nitrogens with zero attached hydrogens (tertiary/aromatic N) is 5. The summed E-state index contributed by atoms with van der Waals surface area (Å²) in [4.78, 5) is 9.59. The Balaban J connectivity index is 1.29. The molecule has 6 rings (SSSR count). The fourth-order valence-electron chi connectivity index (χ4n) is 5.56. The van der Waals surface area contributed by atoms with Crippen LogP contribution in [0, 0.1) is 0 Å². The fraction of sp³-hybridized carbons (Fsp3) is 0.357. The topological polar surface area (TPSA) is 67.2 Å². The van der Waals surface area contributed by atoms with Crippen molar-refractivity contribution in [2.24, 2.45) is 0 Å². The third-order valence-electron chi connectivity index (χ3n) is 7.53. The van der Waals surface area contributed by atoms with Crippen LogP contribution in [0.25, 0.3) is 16.8 Å². The number of nitrogens with one attached hydrogen (secondary N) is 1. The number of benzene rings is 2. The van der Waals surface area contributed by atoms with E-state index in [-0.39, 0.29) is 0 Å². The van der Waals surface area contributed by atoms with E-state index < -0.39 is 0 Å². The van der Waals surface area contributed by atoms with Crippen molar-refractivity contribution >= 4 is 17.2 Å². The molecular formula is C28H32N6O2. The maximum Gasteiger partial charge on any atom is 0.245 e. The number of anilines is 2. The first-order chi connectivity index (χ1) is 17.6. The molecule has 0 atom stereocenters. The summed E-state index contributed by atoms with van der Waals surface area (Å²) in [6.07, 6.45) is 4.27. The molecule has 2 aromatic carbocycles. The van der Waals surface area contributed by atoms with Crippen molar-refractivity contribution < 1.29 is 9.47 Å². The van der Waals surface area contributed by atoms with Gasteiger partial charge in [-0.15, -0.1) is 5.10 Å². The van der Waals surface area contributed by atoms with Gasteiger partial charge >= 0.3 is 0 Å². The Bertz CT molecular complexity index is 1390. The van der Waals surface area contributed by atoms with Gasteiger partial charge in [0.15, 0.2) is 0 Å². The van der Waals surface area contributed by atoms with Crippen molar-refractivity contribution in [2.45, 2.75) is 32.0 Å². The van der Waals surface area contributed by atoms with Crippen molar-refractivity contribution in [1.29, 1.82) is 0 Å². The number of rotatable bonds is 6. The van der Waals surface area contributed by atoms with Crippen molar-refractivity contribution in [3.63, 3.8) is 0 Å². The summed E-state index contributed by atoms with van der Waals surface area (Å²) in [5.41, 5.74) is 6.33. The van der Waals surface area contributed by atoms with Crippen molar-refractivity contribution in [3.05, 3.63) is 65.9 Å². The standard InChI is InChI=1S/C28H32N6O2/c1-32-14-12-20(13-15-32)33-17-19-8-10-24(27(36-3)23(19)18-33)30-28-29-16-21-9-11-25(34(21)31-28)22-6-4-5-7-26(22)35-2/h4-11,16,20H,12-15,17-18H2,1-3H3,(H,30,31). The number of methoxy groups -OCH3 is 2. The number of hydrogen-bond acceptors (Lipinski definition) is 7. The molecule has 0 saturated carbocycles. The second-order valence-corrected chi connectivity index (χ2v) is 9.69. The quantitative estimate of drug-likeness (QED) is 0.430. The molecule has 8 heteroatoms. The largest absolute Gasteiger partial charge is 0.496 e. The molecule has 1 N–H and O–H groups in total. The number of para-hydroxylation sites is 1. The van der Waals surface area contributed by atoms with E-state index in [1.54, 1.807) is 14.2 Å². The molecule has 2 aliphatic rings. The molecule has 0 radical (unpaired) electrons. The van der Waals surface area contributed by atoms with E-state index in [4.69, 9.17) is 14.6 Å². The van der Waals surface area contributed by atoms with E-state index in [1.165, 1.54) is 24.0 Å². The predicted octanol–water partition coefficient (Wildman–Crippen LogP) is 4.57. The third kappa shape index (κ3) is 4.06. The second kappa shape index (κ2) is 9.44. The van der Waals surface area contributed by atoms with Crippen LogP contribution in [-0.2, 0) is 13.1 Å². The van der Waals surface area contributed by atoms with E-state index in [2.05, 4.69) is 39.3 Å². The summed E-state index contributed by atoms with van der Waals surface area (Å²) in [5.74, 6) is 2.20. The van der Waals surface area contributed by atoms with E-state index in [9.17, 15) is 0 Å². The molecule has 4 aromatic rings. The van der Waals surface area contributed by atoms with E-state index >= 15 is 0 Å². The molecule has 1 saturated heterocycles. The summed E-state index contributed by atoms with van der Waals surface area (Å²) in [6.45, 7) is 4.22. The maximum absolute atomic E-state index is 5.93. The van der Waals surface area contributed by atoms with Crippen LogP contribution in [0.3, 0.4) is 0 Å². The van der Waals surface area contributed by atoms with Gasteiger partial charge in [0.05, 0.1) is 37.3 Å². The molecule has 1 fully saturated rings. The zero-order valence-corrected chi connectivity index (χ0v) is 21.1. The van der Waals surface area contributed by atoms with Crippen LogP contribution < -0.4 is 14.8 Å². The third-order valence-corrected chi connectivity index (χ3v) is 7.53. The Hall–Kier alpha value is -3.62. The number of aromatic nitrogens is 3. The van der Waals surface area contributed by atoms with Crippen LogP contribution in [0.5, 0.6) is 11.5 Å². The lowest BCUT2D eigenvalue weighted by atomic mass is 10.0. The lowest BCUT2D eigenvalue weighted by Gasteiger charge is -2.34. The summed E-state index contributed by atoms with van der Waals surface area (Å²) in [7, 11) is 5.64. The molecule has 0 bridgehead atoms. The van der Waals surface area contributed by atoms with Gasteiger partial charge in [0.1, 0.15) is 11.5 Å². The lowest BCUT2D eigenvalue weighted by molar-refractivity contribution is 0.119. The Morgan fingerprint density at radius 2 is 1.78 bits per heavy atom. The van der Waals surface area contributed by atoms with Gasteiger partial charge in [-0.25, -0.2) is 9.50 Å².